The molecule has 1 saturated heterocycles. The first kappa shape index (κ1) is 34.8. The van der Waals surface area contributed by atoms with Gasteiger partial charge in [0.05, 0.1) is 38.7 Å². The Morgan fingerprint density at radius 1 is 1.13 bits per heavy atom. The van der Waals surface area contributed by atoms with Crippen LogP contribution < -0.4 is 16.6 Å². The zero-order valence-electron chi connectivity index (χ0n) is 25.0. The number of benzene rings is 2. The van der Waals surface area contributed by atoms with E-state index in [-0.39, 0.29) is 51.4 Å². The minimum Gasteiger partial charge on any atom is -0.444 e. The topological polar surface area (TPSA) is 131 Å². The molecule has 1 fully saturated rings. The highest BCUT2D eigenvalue weighted by molar-refractivity contribution is 7.91. The summed E-state index contributed by atoms with van der Waals surface area (Å²) in [5, 5.41) is 1.94. The van der Waals surface area contributed by atoms with Gasteiger partial charge >= 0.3 is 18.0 Å². The van der Waals surface area contributed by atoms with Crippen LogP contribution in [0.1, 0.15) is 57.2 Å². The molecule has 0 spiro atoms. The maximum absolute atomic E-state index is 14.4. The second-order valence-electron chi connectivity index (χ2n) is 11.8. The van der Waals surface area contributed by atoms with Crippen molar-refractivity contribution in [2.24, 2.45) is 0 Å². The van der Waals surface area contributed by atoms with Gasteiger partial charge in [-0.05, 0) is 75.5 Å². The van der Waals surface area contributed by atoms with Gasteiger partial charge < -0.3 is 15.0 Å². The summed E-state index contributed by atoms with van der Waals surface area (Å²) in [7, 11) is -3.80. The Balaban J connectivity index is 1.75. The minimum absolute atomic E-state index is 0.0229. The van der Waals surface area contributed by atoms with E-state index < -0.39 is 61.5 Å². The van der Waals surface area contributed by atoms with Crippen LogP contribution in [0.2, 0.25) is 10.0 Å². The number of hydrogen-bond donors (Lipinski definition) is 2. The van der Waals surface area contributed by atoms with Gasteiger partial charge in [0.15, 0.2) is 9.84 Å². The van der Waals surface area contributed by atoms with E-state index in [4.69, 9.17) is 27.9 Å². The van der Waals surface area contributed by atoms with Gasteiger partial charge in [-0.15, -0.1) is 0 Å². The van der Waals surface area contributed by atoms with E-state index in [0.29, 0.717) is 30.0 Å². The Labute approximate surface area is 267 Å². The summed E-state index contributed by atoms with van der Waals surface area (Å²) in [6.45, 7) is 6.34. The lowest BCUT2D eigenvalue weighted by atomic mass is 10.0. The molecule has 0 radical (unpaired) electrons. The summed E-state index contributed by atoms with van der Waals surface area (Å²) >= 11 is 12.6. The second-order valence-corrected chi connectivity index (χ2v) is 14.9. The summed E-state index contributed by atoms with van der Waals surface area (Å²) in [6.07, 6.45) is -4.39. The molecule has 45 heavy (non-hydrogen) atoms. The van der Waals surface area contributed by atoms with Crippen molar-refractivity contribution in [3.8, 4) is 0 Å². The first-order valence-electron chi connectivity index (χ1n) is 14.1. The standard InChI is InChI=1S/C29H33Cl2F3N4O6S/c1-5-45(42,43)22-9-8-17(30)11-16(22)13-38-25(39)19-12-21(29(32,33)34)20(23(31)24(19)36-26(38)40)15-37-10-6-7-18(14-37)35-27(41)44-28(2,3)4/h8-9,11-12,18H,5-7,10,13-15H2,1-4H3,(H,35,41)(H,36,40)/t18-/m0/s1. The van der Waals surface area contributed by atoms with Crippen molar-refractivity contribution in [3.63, 3.8) is 0 Å². The highest BCUT2D eigenvalue weighted by Gasteiger charge is 2.37. The summed E-state index contributed by atoms with van der Waals surface area (Å²) in [5.41, 5.74) is -4.57. The number of H-pyrrole nitrogens is 1. The number of piperidine rings is 1. The van der Waals surface area contributed by atoms with Gasteiger partial charge in [-0.2, -0.15) is 13.2 Å². The van der Waals surface area contributed by atoms with Crippen LogP contribution in [0.25, 0.3) is 10.9 Å². The van der Waals surface area contributed by atoms with Crippen molar-refractivity contribution >= 4 is 50.0 Å². The summed E-state index contributed by atoms with van der Waals surface area (Å²) in [6, 6.07) is 4.13. The van der Waals surface area contributed by atoms with Crippen LogP contribution in [0.15, 0.2) is 38.8 Å². The van der Waals surface area contributed by atoms with Crippen molar-refractivity contribution in [2.75, 3.05) is 18.8 Å². The third kappa shape index (κ3) is 8.02. The third-order valence-electron chi connectivity index (χ3n) is 7.30. The van der Waals surface area contributed by atoms with Crippen molar-refractivity contribution in [3.05, 3.63) is 71.8 Å². The van der Waals surface area contributed by atoms with Gasteiger partial charge in [0, 0.05) is 24.2 Å². The average molecular weight is 694 g/mol. The highest BCUT2D eigenvalue weighted by Crippen LogP contribution is 2.39. The third-order valence-corrected chi connectivity index (χ3v) is 9.78. The van der Waals surface area contributed by atoms with E-state index in [1.165, 1.54) is 25.1 Å². The Bertz CT molecular complexity index is 1850. The quantitative estimate of drug-likeness (QED) is 0.342. The monoisotopic (exact) mass is 692 g/mol. The van der Waals surface area contributed by atoms with E-state index in [1.54, 1.807) is 25.7 Å². The number of fused-ring (bicyclic) bond motifs is 1. The SMILES string of the molecule is CCS(=O)(=O)c1ccc(Cl)cc1Cn1c(=O)[nH]c2c(Cl)c(CN3CCC[C@H](NC(=O)OC(C)(C)C)C3)c(C(F)(F)F)cc2c1=O. The second kappa shape index (κ2) is 13.0. The van der Waals surface area contributed by atoms with Crippen molar-refractivity contribution in [1.29, 1.82) is 0 Å². The number of halogens is 5. The van der Waals surface area contributed by atoms with Gasteiger partial charge in [-0.3, -0.25) is 14.3 Å². The van der Waals surface area contributed by atoms with Crippen molar-refractivity contribution in [2.45, 2.75) is 76.3 Å². The molecule has 10 nitrogen and oxygen atoms in total. The number of nitrogens with zero attached hydrogens (tertiary/aromatic N) is 2. The van der Waals surface area contributed by atoms with E-state index in [2.05, 4.69) is 10.3 Å². The molecule has 1 atom stereocenters. The summed E-state index contributed by atoms with van der Waals surface area (Å²) in [5.74, 6) is -0.271. The molecule has 2 N–H and O–H groups in total. The number of alkyl carbamates (subject to hydrolysis) is 1. The van der Waals surface area contributed by atoms with E-state index in [0.717, 1.165) is 0 Å². The lowest BCUT2D eigenvalue weighted by Crippen LogP contribution is -2.48. The maximum atomic E-state index is 14.4. The van der Waals surface area contributed by atoms with Gasteiger partial charge in [0.2, 0.25) is 0 Å². The summed E-state index contributed by atoms with van der Waals surface area (Å²) in [4.78, 5) is 42.9. The van der Waals surface area contributed by atoms with Gasteiger partial charge in [-0.25, -0.2) is 18.0 Å². The van der Waals surface area contributed by atoms with Crippen LogP contribution in [0.5, 0.6) is 0 Å². The normalized spacial score (nSPS) is 16.6. The molecular formula is C29H33Cl2F3N4O6S. The van der Waals surface area contributed by atoms with Crippen LogP contribution in [-0.4, -0.2) is 59.4 Å². The number of ether oxygens (including phenoxy) is 1. The number of carbonyl (C=O) groups excluding carboxylic acids is 1. The molecule has 1 aliphatic rings. The molecule has 16 heteroatoms. The predicted octanol–water partition coefficient (Wildman–Crippen LogP) is 5.35. The van der Waals surface area contributed by atoms with Crippen LogP contribution in [0, 0.1) is 0 Å². The minimum atomic E-state index is -4.92. The van der Waals surface area contributed by atoms with Crippen molar-refractivity contribution < 1.29 is 31.1 Å². The van der Waals surface area contributed by atoms with E-state index in [9.17, 15) is 36.0 Å². The fraction of sp³-hybridized carbons (Fsp3) is 0.483. The van der Waals surface area contributed by atoms with Gasteiger partial charge in [-0.1, -0.05) is 30.1 Å². The number of likely N-dealkylation sites (tertiary alicyclic amines) is 1. The van der Waals surface area contributed by atoms with Gasteiger partial charge in [0.1, 0.15) is 5.60 Å². The molecule has 1 aliphatic heterocycles. The first-order valence-corrected chi connectivity index (χ1v) is 16.5. The maximum Gasteiger partial charge on any atom is 0.416 e. The fourth-order valence-electron chi connectivity index (χ4n) is 5.26. The fourth-order valence-corrected chi connectivity index (χ4v) is 6.88. The highest BCUT2D eigenvalue weighted by atomic mass is 35.5. The van der Waals surface area contributed by atoms with Crippen LogP contribution >= 0.6 is 23.2 Å². The number of sulfone groups is 1. The number of amides is 1. The number of nitrogens with one attached hydrogen (secondary N) is 2. The number of hydrogen-bond acceptors (Lipinski definition) is 7. The Hall–Kier alpha value is -3.07. The van der Waals surface area contributed by atoms with Gasteiger partial charge in [0.25, 0.3) is 5.56 Å². The molecule has 0 unspecified atom stereocenters. The average Bonchev–Trinajstić information content (AvgIpc) is 2.91. The lowest BCUT2D eigenvalue weighted by molar-refractivity contribution is -0.138. The van der Waals surface area contributed by atoms with E-state index >= 15 is 0 Å². The molecule has 2 heterocycles. The number of aromatic amines is 1. The van der Waals surface area contributed by atoms with Crippen molar-refractivity contribution in [1.82, 2.24) is 19.8 Å². The molecule has 0 bridgehead atoms. The Morgan fingerprint density at radius 3 is 2.44 bits per heavy atom. The lowest BCUT2D eigenvalue weighted by Gasteiger charge is -2.34. The molecule has 1 aromatic heterocycles. The largest absolute Gasteiger partial charge is 0.444 e. The number of alkyl halides is 3. The molecule has 1 amide bonds. The zero-order chi connectivity index (χ0) is 33.5. The van der Waals surface area contributed by atoms with E-state index in [1.807, 2.05) is 0 Å². The molecule has 4 rings (SSSR count). The molecular weight excluding hydrogens is 660 g/mol. The predicted molar refractivity (Wildman–Crippen MR) is 165 cm³/mol. The number of aromatic nitrogens is 2. The smallest absolute Gasteiger partial charge is 0.416 e. The Morgan fingerprint density at radius 2 is 1.82 bits per heavy atom. The summed E-state index contributed by atoms with van der Waals surface area (Å²) < 4.78 is 74.5. The molecule has 0 aliphatic carbocycles. The molecule has 2 aromatic carbocycles. The number of carbonyl (C=O) groups is 1. The van der Waals surface area contributed by atoms with Crippen LogP contribution in [0.4, 0.5) is 18.0 Å². The molecule has 246 valence electrons. The Kier molecular flexibility index (Phi) is 10.0. The zero-order valence-corrected chi connectivity index (χ0v) is 27.3. The number of rotatable bonds is 7. The van der Waals surface area contributed by atoms with Crippen LogP contribution in [0.3, 0.4) is 0 Å². The molecule has 0 saturated carbocycles. The molecule has 3 aromatic rings. The van der Waals surface area contributed by atoms with Crippen LogP contribution in [-0.2, 0) is 33.8 Å². The first-order chi connectivity index (χ1) is 20.8.